The molecule has 21 heavy (non-hydrogen) atoms. The Labute approximate surface area is 129 Å². The van der Waals surface area contributed by atoms with Gasteiger partial charge in [-0.2, -0.15) is 0 Å². The van der Waals surface area contributed by atoms with Gasteiger partial charge in [0, 0.05) is 25.6 Å². The second kappa shape index (κ2) is 11.9. The average Bonchev–Trinajstić information content (AvgIpc) is 2.47. The predicted octanol–water partition coefficient (Wildman–Crippen LogP) is 1.20. The molecule has 0 fully saturated rings. The highest BCUT2D eigenvalue weighted by atomic mass is 16.6. The van der Waals surface area contributed by atoms with Crippen molar-refractivity contribution in [1.29, 1.82) is 0 Å². The fraction of sp³-hybridized carbons (Fsp3) is 0.933. The number of carbonyl (C=O) groups is 1. The molecule has 0 aromatic rings. The van der Waals surface area contributed by atoms with E-state index in [4.69, 9.17) is 10.6 Å². The van der Waals surface area contributed by atoms with Crippen molar-refractivity contribution < 1.29 is 14.4 Å². The Morgan fingerprint density at radius 1 is 1.29 bits per heavy atom. The molecule has 6 heteroatoms. The summed E-state index contributed by atoms with van der Waals surface area (Å²) in [6, 6.07) is -0.190. The smallest absolute Gasteiger partial charge is 0.237 e. The van der Waals surface area contributed by atoms with E-state index in [1.54, 1.807) is 7.11 Å². The molecule has 0 aromatic heterocycles. The predicted molar refractivity (Wildman–Crippen MR) is 84.7 cm³/mol. The Hall–Kier alpha value is -0.690. The van der Waals surface area contributed by atoms with Crippen LogP contribution >= 0.6 is 0 Å². The Bertz CT molecular complexity index is 273. The van der Waals surface area contributed by atoms with Crippen LogP contribution in [0.2, 0.25) is 0 Å². The van der Waals surface area contributed by atoms with E-state index in [2.05, 4.69) is 36.2 Å². The lowest BCUT2D eigenvalue weighted by atomic mass is 9.88. The normalized spacial score (nSPS) is 17.0. The molecule has 2 unspecified atom stereocenters. The summed E-state index contributed by atoms with van der Waals surface area (Å²) in [4.78, 5) is 16.6. The van der Waals surface area contributed by atoms with Gasteiger partial charge in [-0.25, -0.2) is 5.90 Å². The minimum atomic E-state index is -0.271. The van der Waals surface area contributed by atoms with E-state index in [-0.39, 0.29) is 24.1 Å². The molecule has 0 spiro atoms. The summed E-state index contributed by atoms with van der Waals surface area (Å²) in [5.41, 5.74) is 0. The van der Waals surface area contributed by atoms with Gasteiger partial charge >= 0.3 is 0 Å². The first-order chi connectivity index (χ1) is 10.0. The van der Waals surface area contributed by atoms with Crippen LogP contribution in [0.3, 0.4) is 0 Å². The summed E-state index contributed by atoms with van der Waals surface area (Å²) in [5, 5.41) is 6.16. The standard InChI is InChI=1S/C15H33N3O3/c1-6-8-13(14(7-2)20-5)11(3)18-15(19)12(4)17-9-10-21-16/h11-14,17H,6-10,16H2,1-5H3,(H,18,19)/t11-,12?,13+,14?/m0/s1. The van der Waals surface area contributed by atoms with Crippen molar-refractivity contribution in [2.45, 2.75) is 65.1 Å². The Kier molecular flexibility index (Phi) is 11.5. The van der Waals surface area contributed by atoms with Gasteiger partial charge in [0.25, 0.3) is 0 Å². The summed E-state index contributed by atoms with van der Waals surface area (Å²) in [6.45, 7) is 9.08. The molecule has 4 N–H and O–H groups in total. The van der Waals surface area contributed by atoms with E-state index in [0.29, 0.717) is 19.1 Å². The van der Waals surface area contributed by atoms with Gasteiger partial charge in [-0.15, -0.1) is 0 Å². The van der Waals surface area contributed by atoms with Crippen LogP contribution in [0.15, 0.2) is 0 Å². The van der Waals surface area contributed by atoms with Crippen LogP contribution < -0.4 is 16.5 Å². The van der Waals surface area contributed by atoms with Gasteiger partial charge < -0.3 is 20.2 Å². The zero-order chi connectivity index (χ0) is 16.3. The van der Waals surface area contributed by atoms with Crippen molar-refractivity contribution in [1.82, 2.24) is 10.6 Å². The maximum absolute atomic E-state index is 12.2. The molecule has 126 valence electrons. The van der Waals surface area contributed by atoms with Gasteiger partial charge in [0.15, 0.2) is 0 Å². The summed E-state index contributed by atoms with van der Waals surface area (Å²) in [6.07, 6.45) is 3.24. The third kappa shape index (κ3) is 7.76. The highest BCUT2D eigenvalue weighted by molar-refractivity contribution is 5.81. The molecule has 0 heterocycles. The second-order valence-electron chi connectivity index (χ2n) is 5.48. The molecule has 6 nitrogen and oxygen atoms in total. The number of carbonyl (C=O) groups excluding carboxylic acids is 1. The van der Waals surface area contributed by atoms with Crippen LogP contribution in [-0.4, -0.2) is 44.4 Å². The van der Waals surface area contributed by atoms with Crippen LogP contribution in [0.25, 0.3) is 0 Å². The van der Waals surface area contributed by atoms with Gasteiger partial charge in [0.1, 0.15) is 0 Å². The van der Waals surface area contributed by atoms with E-state index >= 15 is 0 Å². The number of nitrogens with one attached hydrogen (secondary N) is 2. The molecule has 4 atom stereocenters. The summed E-state index contributed by atoms with van der Waals surface area (Å²) < 4.78 is 5.56. The molecule has 0 aromatic carbocycles. The molecule has 0 aliphatic carbocycles. The van der Waals surface area contributed by atoms with Crippen LogP contribution in [0.4, 0.5) is 0 Å². The zero-order valence-corrected chi connectivity index (χ0v) is 14.1. The fourth-order valence-electron chi connectivity index (χ4n) is 2.62. The highest BCUT2D eigenvalue weighted by Crippen LogP contribution is 2.21. The Morgan fingerprint density at radius 3 is 2.43 bits per heavy atom. The quantitative estimate of drug-likeness (QED) is 0.372. The lowest BCUT2D eigenvalue weighted by Crippen LogP contribution is -2.50. The molecule has 0 radical (unpaired) electrons. The number of hydrogen-bond donors (Lipinski definition) is 3. The minimum Gasteiger partial charge on any atom is -0.381 e. The molecule has 0 saturated carbocycles. The van der Waals surface area contributed by atoms with Crippen LogP contribution in [0.1, 0.15) is 47.0 Å². The second-order valence-corrected chi connectivity index (χ2v) is 5.48. The lowest BCUT2D eigenvalue weighted by Gasteiger charge is -2.31. The molecular formula is C15H33N3O3. The maximum Gasteiger partial charge on any atom is 0.237 e. The average molecular weight is 303 g/mol. The fourth-order valence-corrected chi connectivity index (χ4v) is 2.62. The number of methoxy groups -OCH3 is 1. The Balaban J connectivity index is 4.45. The van der Waals surface area contributed by atoms with Crippen LogP contribution in [0, 0.1) is 5.92 Å². The van der Waals surface area contributed by atoms with E-state index < -0.39 is 0 Å². The van der Waals surface area contributed by atoms with Crippen molar-refractivity contribution in [3.8, 4) is 0 Å². The van der Waals surface area contributed by atoms with Gasteiger partial charge in [0.2, 0.25) is 5.91 Å². The molecule has 0 aliphatic rings. The zero-order valence-electron chi connectivity index (χ0n) is 14.1. The number of amides is 1. The summed E-state index contributed by atoms with van der Waals surface area (Å²) >= 11 is 0. The molecule has 0 bridgehead atoms. The molecule has 1 amide bonds. The third-order valence-electron chi connectivity index (χ3n) is 3.88. The van der Waals surface area contributed by atoms with Gasteiger partial charge in [-0.3, -0.25) is 4.79 Å². The van der Waals surface area contributed by atoms with Gasteiger partial charge in [0.05, 0.1) is 18.8 Å². The van der Waals surface area contributed by atoms with E-state index in [9.17, 15) is 4.79 Å². The summed E-state index contributed by atoms with van der Waals surface area (Å²) in [7, 11) is 1.74. The molecule has 0 rings (SSSR count). The molecule has 0 saturated heterocycles. The minimum absolute atomic E-state index is 0.00780. The number of nitrogens with two attached hydrogens (primary N) is 1. The number of rotatable bonds is 12. The largest absolute Gasteiger partial charge is 0.381 e. The lowest BCUT2D eigenvalue weighted by molar-refractivity contribution is -0.124. The Morgan fingerprint density at radius 2 is 1.95 bits per heavy atom. The third-order valence-corrected chi connectivity index (χ3v) is 3.88. The first-order valence-electron chi connectivity index (χ1n) is 7.89. The number of hydrogen-bond acceptors (Lipinski definition) is 5. The van der Waals surface area contributed by atoms with Crippen molar-refractivity contribution in [3.05, 3.63) is 0 Å². The van der Waals surface area contributed by atoms with E-state index in [1.807, 2.05) is 6.92 Å². The highest BCUT2D eigenvalue weighted by Gasteiger charge is 2.27. The monoisotopic (exact) mass is 303 g/mol. The summed E-state index contributed by atoms with van der Waals surface area (Å²) in [5.74, 6) is 5.27. The first-order valence-corrected chi connectivity index (χ1v) is 7.89. The van der Waals surface area contributed by atoms with E-state index in [0.717, 1.165) is 19.3 Å². The van der Waals surface area contributed by atoms with Gasteiger partial charge in [-0.1, -0.05) is 20.3 Å². The van der Waals surface area contributed by atoms with Crippen molar-refractivity contribution in [2.24, 2.45) is 11.8 Å². The van der Waals surface area contributed by atoms with Crippen molar-refractivity contribution in [2.75, 3.05) is 20.3 Å². The maximum atomic E-state index is 12.2. The number of ether oxygens (including phenoxy) is 1. The van der Waals surface area contributed by atoms with Crippen molar-refractivity contribution >= 4 is 5.91 Å². The van der Waals surface area contributed by atoms with Crippen LogP contribution in [-0.2, 0) is 14.4 Å². The van der Waals surface area contributed by atoms with Gasteiger partial charge in [-0.05, 0) is 26.7 Å². The first kappa shape index (κ1) is 20.3. The topological polar surface area (TPSA) is 85.6 Å². The molecule has 0 aliphatic heterocycles. The van der Waals surface area contributed by atoms with E-state index in [1.165, 1.54) is 0 Å². The van der Waals surface area contributed by atoms with Crippen molar-refractivity contribution in [3.63, 3.8) is 0 Å². The SMILES string of the molecule is CCC[C@@H](C(CC)OC)[C@H](C)NC(=O)C(C)NCCON. The molecular weight excluding hydrogens is 270 g/mol. The van der Waals surface area contributed by atoms with Crippen LogP contribution in [0.5, 0.6) is 0 Å².